The summed E-state index contributed by atoms with van der Waals surface area (Å²) in [6, 6.07) is 0. The van der Waals surface area contributed by atoms with Crippen LogP contribution in [0.2, 0.25) is 0 Å². The van der Waals surface area contributed by atoms with Crippen LogP contribution in [0, 0.1) is 0 Å². The fraction of sp³-hybridized carbons (Fsp3) is 0.889. The fourth-order valence-corrected chi connectivity index (χ4v) is 6.67. The second kappa shape index (κ2) is 29.6. The Morgan fingerprint density at radius 3 is 1.53 bits per heavy atom. The molecule has 0 radical (unpaired) electrons. The van der Waals surface area contributed by atoms with Crippen molar-refractivity contribution in [1.29, 1.82) is 0 Å². The lowest BCUT2D eigenvalue weighted by atomic mass is 10.1. The van der Waals surface area contributed by atoms with Gasteiger partial charge in [0.15, 0.2) is 12.1 Å². The maximum atomic E-state index is 12.6. The molecule has 0 fully saturated rings. The first-order chi connectivity index (χ1) is 21.5. The second-order valence-electron chi connectivity index (χ2n) is 13.4. The number of allylic oxidation sites excluding steroid dienone is 4. The molecule has 0 aliphatic heterocycles. The summed E-state index contributed by atoms with van der Waals surface area (Å²) in [6.45, 7) is 4.46. The number of quaternary nitrogens is 1. The zero-order chi connectivity index (χ0) is 33.7. The van der Waals surface area contributed by atoms with Crippen molar-refractivity contribution in [2.45, 2.75) is 167 Å². The molecule has 268 valence electrons. The number of aliphatic hydroxyl groups excluding tert-OH is 2. The van der Waals surface area contributed by atoms with Crippen LogP contribution in [0.1, 0.15) is 149 Å². The van der Waals surface area contributed by atoms with Crippen molar-refractivity contribution in [3.8, 4) is 0 Å². The van der Waals surface area contributed by atoms with Crippen LogP contribution >= 0.6 is 7.60 Å². The number of nitrogens with zero attached hydrogens (tertiary/aromatic N) is 1. The predicted molar refractivity (Wildman–Crippen MR) is 188 cm³/mol. The zero-order valence-corrected chi connectivity index (χ0v) is 30.5. The van der Waals surface area contributed by atoms with Gasteiger partial charge in [-0.1, -0.05) is 102 Å². The lowest BCUT2D eigenvalue weighted by molar-refractivity contribution is -0.901. The third kappa shape index (κ3) is 28.2. The monoisotopic (exact) mass is 663 g/mol. The summed E-state index contributed by atoms with van der Waals surface area (Å²) in [5, 5.41) is 28.3. The summed E-state index contributed by atoms with van der Waals surface area (Å²) >= 11 is 0. The molecule has 0 amide bonds. The predicted octanol–water partition coefficient (Wildman–Crippen LogP) is 8.62. The zero-order valence-electron chi connectivity index (χ0n) is 29.6. The van der Waals surface area contributed by atoms with Crippen LogP contribution in [0.3, 0.4) is 0 Å². The number of aliphatic hydroxyl groups is 3. The lowest BCUT2D eigenvalue weighted by Crippen LogP contribution is -2.48. The van der Waals surface area contributed by atoms with Crippen LogP contribution in [0.25, 0.3) is 0 Å². The molecule has 0 aliphatic carbocycles. The number of hydrogen-bond acceptors (Lipinski definition) is 6. The van der Waals surface area contributed by atoms with E-state index in [0.717, 1.165) is 25.7 Å². The first kappa shape index (κ1) is 44.4. The molecule has 3 atom stereocenters. The van der Waals surface area contributed by atoms with Crippen molar-refractivity contribution in [2.24, 2.45) is 0 Å². The van der Waals surface area contributed by atoms with E-state index in [-0.39, 0.29) is 24.1 Å². The van der Waals surface area contributed by atoms with E-state index in [4.69, 9.17) is 19.5 Å². The van der Waals surface area contributed by atoms with Gasteiger partial charge in [0.05, 0.1) is 33.9 Å². The molecule has 0 rings (SSSR count). The van der Waals surface area contributed by atoms with Crippen molar-refractivity contribution in [3.63, 3.8) is 0 Å². The average molecular weight is 663 g/mol. The third-order valence-electron chi connectivity index (χ3n) is 8.67. The van der Waals surface area contributed by atoms with Crippen LogP contribution in [-0.4, -0.2) is 83.3 Å². The van der Waals surface area contributed by atoms with Crippen molar-refractivity contribution in [3.05, 3.63) is 24.3 Å². The van der Waals surface area contributed by atoms with Crippen molar-refractivity contribution in [2.75, 3.05) is 40.5 Å². The molecule has 0 bridgehead atoms. The second-order valence-corrected chi connectivity index (χ2v) is 15.5. The first-order valence-electron chi connectivity index (χ1n) is 18.2. The largest absolute Gasteiger partial charge is 0.388 e. The molecule has 45 heavy (non-hydrogen) atoms. The molecule has 0 aromatic heterocycles. The molecular weight excluding hydrogens is 589 g/mol. The van der Waals surface area contributed by atoms with Gasteiger partial charge in [-0.15, -0.1) is 0 Å². The van der Waals surface area contributed by atoms with Crippen LogP contribution < -0.4 is 0 Å². The lowest BCUT2D eigenvalue weighted by Gasteiger charge is -2.37. The van der Waals surface area contributed by atoms with Gasteiger partial charge in [0, 0.05) is 13.0 Å². The maximum Gasteiger partial charge on any atom is 0.384 e. The summed E-state index contributed by atoms with van der Waals surface area (Å²) < 4.78 is 23.4. The number of unbranched alkanes of at least 4 members (excludes halogenated alkanes) is 17. The van der Waals surface area contributed by atoms with Gasteiger partial charge in [-0.2, -0.15) is 0 Å². The van der Waals surface area contributed by atoms with E-state index < -0.39 is 25.8 Å². The highest BCUT2D eigenvalue weighted by molar-refractivity contribution is 7.53. The van der Waals surface area contributed by atoms with E-state index in [1.165, 1.54) is 103 Å². The molecule has 2 unspecified atom stereocenters. The smallest absolute Gasteiger partial charge is 0.384 e. The first-order valence-corrected chi connectivity index (χ1v) is 19.9. The minimum atomic E-state index is -4.02. The molecule has 8 nitrogen and oxygen atoms in total. The normalized spacial score (nSPS) is 15.4. The minimum absolute atomic E-state index is 0.0557. The van der Waals surface area contributed by atoms with E-state index in [1.54, 1.807) is 21.0 Å². The van der Waals surface area contributed by atoms with Crippen LogP contribution in [0.4, 0.5) is 0 Å². The van der Waals surface area contributed by atoms with Crippen LogP contribution in [-0.2, 0) is 13.8 Å². The van der Waals surface area contributed by atoms with E-state index in [9.17, 15) is 14.6 Å². The molecule has 0 aromatic carbocycles. The Hall–Kier alpha value is -0.570. The quantitative estimate of drug-likeness (QED) is 0.0183. The van der Waals surface area contributed by atoms with Gasteiger partial charge in [0.25, 0.3) is 0 Å². The molecule has 0 aliphatic rings. The highest BCUT2D eigenvalue weighted by Gasteiger charge is 2.41. The molecular formula is C36H73NO7P+. The highest BCUT2D eigenvalue weighted by atomic mass is 31.2. The van der Waals surface area contributed by atoms with Crippen molar-refractivity contribution >= 4 is 7.60 Å². The Bertz CT molecular complexity index is 760. The van der Waals surface area contributed by atoms with Gasteiger partial charge in [0.2, 0.25) is 0 Å². The number of rotatable bonds is 33. The molecule has 9 heteroatoms. The SMILES string of the molecule is CCCCCCC/C=C\CCCCCCCCCC/C=C\CCCCCOC[C@@H](O)COP(=O)(O)C(C)[N+](C)(C)CCC(O)O. The minimum Gasteiger partial charge on any atom is -0.388 e. The molecule has 0 saturated carbocycles. The summed E-state index contributed by atoms with van der Waals surface area (Å²) in [6.07, 6.45) is 32.6. The third-order valence-corrected chi connectivity index (χ3v) is 10.8. The summed E-state index contributed by atoms with van der Waals surface area (Å²) in [7, 11) is -0.555. The van der Waals surface area contributed by atoms with Gasteiger partial charge >= 0.3 is 7.60 Å². The molecule has 0 saturated heterocycles. The van der Waals surface area contributed by atoms with Crippen molar-refractivity contribution in [1.82, 2.24) is 0 Å². The van der Waals surface area contributed by atoms with Gasteiger partial charge < -0.3 is 34.0 Å². The summed E-state index contributed by atoms with van der Waals surface area (Å²) in [5.41, 5.74) is 0. The number of hydrogen-bond donors (Lipinski definition) is 4. The standard InChI is InChI=1S/C36H72NO7P/c1-5-6-7-8-9-10-11-12-13-14-15-16-17-18-19-20-21-22-23-24-25-26-27-28-31-43-32-35(38)33-44-45(41,42)34(2)37(3,4)30-29-36(39)40/h11-12,23-24,34-36,38-40H,5-10,13-22,25-33H2,1-4H3/p+1/b12-11-,24-23-/t34?,35-/m1/s1. The van der Waals surface area contributed by atoms with E-state index in [2.05, 4.69) is 31.2 Å². The van der Waals surface area contributed by atoms with E-state index >= 15 is 0 Å². The maximum absolute atomic E-state index is 12.6. The van der Waals surface area contributed by atoms with Crippen molar-refractivity contribution < 1.29 is 38.5 Å². The summed E-state index contributed by atoms with van der Waals surface area (Å²) in [4.78, 5) is 10.3. The van der Waals surface area contributed by atoms with Crippen LogP contribution in [0.15, 0.2) is 24.3 Å². The molecule has 4 N–H and O–H groups in total. The van der Waals surface area contributed by atoms with Crippen LogP contribution in [0.5, 0.6) is 0 Å². The Balaban J connectivity index is 3.55. The Morgan fingerprint density at radius 1 is 0.667 bits per heavy atom. The summed E-state index contributed by atoms with van der Waals surface area (Å²) in [5.74, 6) is -0.782. The van der Waals surface area contributed by atoms with E-state index in [1.807, 2.05) is 0 Å². The molecule has 0 spiro atoms. The Labute approximate surface area is 277 Å². The Kier molecular flexibility index (Phi) is 29.2. The van der Waals surface area contributed by atoms with Gasteiger partial charge in [-0.3, -0.25) is 4.57 Å². The average Bonchev–Trinajstić information content (AvgIpc) is 3.00. The fourth-order valence-electron chi connectivity index (χ4n) is 5.16. The highest BCUT2D eigenvalue weighted by Crippen LogP contribution is 2.50. The molecule has 0 heterocycles. The topological polar surface area (TPSA) is 116 Å². The van der Waals surface area contributed by atoms with Gasteiger partial charge in [0.1, 0.15) is 6.10 Å². The van der Waals surface area contributed by atoms with Gasteiger partial charge in [-0.25, -0.2) is 0 Å². The van der Waals surface area contributed by atoms with Gasteiger partial charge in [-0.05, 0) is 64.7 Å². The molecule has 0 aromatic rings. The number of ether oxygens (including phenoxy) is 1. The van der Waals surface area contributed by atoms with E-state index in [0.29, 0.717) is 13.2 Å². The Morgan fingerprint density at radius 2 is 1.09 bits per heavy atom.